The topological polar surface area (TPSA) is 81.3 Å². The maximum absolute atomic E-state index is 12.3. The number of benzene rings is 1. The smallest absolute Gasteiger partial charge is 0.352 e. The number of fused-ring (bicyclic) bond motifs is 3. The van der Waals surface area contributed by atoms with Gasteiger partial charge < -0.3 is 5.32 Å². The van der Waals surface area contributed by atoms with Gasteiger partial charge in [-0.25, -0.2) is 18.9 Å². The van der Waals surface area contributed by atoms with Gasteiger partial charge in [0.25, 0.3) is 0 Å². The summed E-state index contributed by atoms with van der Waals surface area (Å²) in [5.41, 5.74) is 0.732. The molecule has 1 N–H and O–H groups in total. The summed E-state index contributed by atoms with van der Waals surface area (Å²) in [5, 5.41) is 8.38. The minimum Gasteiger partial charge on any atom is -0.352 e. The summed E-state index contributed by atoms with van der Waals surface area (Å²) in [7, 11) is 0. The molecule has 1 aliphatic rings. The maximum atomic E-state index is 12.3. The van der Waals surface area contributed by atoms with Crippen LogP contribution in [-0.2, 0) is 11.3 Å². The Bertz CT molecular complexity index is 957. The third-order valence-corrected chi connectivity index (χ3v) is 3.85. The lowest BCUT2D eigenvalue weighted by Crippen LogP contribution is -2.33. The van der Waals surface area contributed by atoms with E-state index in [1.165, 1.54) is 10.7 Å². The molecule has 7 nitrogen and oxygen atoms in total. The first-order chi connectivity index (χ1) is 10.6. The van der Waals surface area contributed by atoms with E-state index < -0.39 is 0 Å². The lowest BCUT2D eigenvalue weighted by molar-refractivity contribution is -0.122. The molecule has 1 fully saturated rings. The summed E-state index contributed by atoms with van der Waals surface area (Å²) >= 11 is 5.94. The van der Waals surface area contributed by atoms with Crippen LogP contribution in [0.5, 0.6) is 0 Å². The highest BCUT2D eigenvalue weighted by atomic mass is 35.5. The second-order valence-corrected chi connectivity index (χ2v) is 5.82. The van der Waals surface area contributed by atoms with E-state index in [4.69, 9.17) is 11.6 Å². The highest BCUT2D eigenvalue weighted by Gasteiger charge is 2.24. The lowest BCUT2D eigenvalue weighted by atomic mass is 10.2. The monoisotopic (exact) mass is 317 g/mol. The van der Waals surface area contributed by atoms with Crippen LogP contribution in [0, 0.1) is 0 Å². The highest BCUT2D eigenvalue weighted by Crippen LogP contribution is 2.20. The molecule has 112 valence electrons. The van der Waals surface area contributed by atoms with Crippen LogP contribution in [0.4, 0.5) is 0 Å². The number of halogens is 1. The van der Waals surface area contributed by atoms with Crippen molar-refractivity contribution < 1.29 is 4.79 Å². The molecular formula is C14H12ClN5O2. The average molecular weight is 318 g/mol. The van der Waals surface area contributed by atoms with E-state index in [1.807, 2.05) is 0 Å². The van der Waals surface area contributed by atoms with Gasteiger partial charge in [-0.15, -0.1) is 5.10 Å². The Morgan fingerprint density at radius 2 is 2.23 bits per heavy atom. The van der Waals surface area contributed by atoms with Gasteiger partial charge in [-0.05, 0) is 31.0 Å². The fraction of sp³-hybridized carbons (Fsp3) is 0.286. The van der Waals surface area contributed by atoms with Gasteiger partial charge in [-0.3, -0.25) is 4.79 Å². The zero-order valence-corrected chi connectivity index (χ0v) is 12.2. The van der Waals surface area contributed by atoms with Crippen LogP contribution >= 0.6 is 11.6 Å². The van der Waals surface area contributed by atoms with Gasteiger partial charge >= 0.3 is 5.69 Å². The number of nitrogens with one attached hydrogen (secondary N) is 1. The van der Waals surface area contributed by atoms with Gasteiger partial charge in [0.15, 0.2) is 5.65 Å². The number of carbonyl (C=O) groups excluding carboxylic acids is 1. The Morgan fingerprint density at radius 3 is 3.00 bits per heavy atom. The molecule has 8 heteroatoms. The van der Waals surface area contributed by atoms with E-state index in [1.54, 1.807) is 18.2 Å². The molecule has 2 aromatic heterocycles. The predicted octanol–water partition coefficient (Wildman–Crippen LogP) is 0.976. The standard InChI is InChI=1S/C14H12ClN5O2/c15-8-1-4-10-11(5-8)16-7-19-13(10)18-20(14(19)22)6-12(21)17-9-2-3-9/h1,4-5,7,9H,2-3,6H2,(H,17,21). The molecule has 1 saturated carbocycles. The van der Waals surface area contributed by atoms with Crippen LogP contribution in [0.1, 0.15) is 12.8 Å². The average Bonchev–Trinajstić information content (AvgIpc) is 3.23. The van der Waals surface area contributed by atoms with E-state index in [0.29, 0.717) is 21.6 Å². The first-order valence-electron chi connectivity index (χ1n) is 6.94. The quantitative estimate of drug-likeness (QED) is 0.780. The van der Waals surface area contributed by atoms with Crippen molar-refractivity contribution in [3.63, 3.8) is 0 Å². The fourth-order valence-electron chi connectivity index (χ4n) is 2.37. The molecule has 1 aromatic carbocycles. The van der Waals surface area contributed by atoms with Crippen LogP contribution in [0.15, 0.2) is 29.3 Å². The minimum atomic E-state index is -0.384. The first kappa shape index (κ1) is 13.3. The molecule has 0 unspecified atom stereocenters. The lowest BCUT2D eigenvalue weighted by Gasteiger charge is -2.01. The van der Waals surface area contributed by atoms with Crippen LogP contribution < -0.4 is 11.0 Å². The summed E-state index contributed by atoms with van der Waals surface area (Å²) < 4.78 is 2.49. The SMILES string of the molecule is O=C(Cn1nc2c3ccc(Cl)cc3ncn2c1=O)NC1CC1. The molecule has 1 amide bonds. The summed E-state index contributed by atoms with van der Waals surface area (Å²) in [4.78, 5) is 28.3. The number of amides is 1. The molecule has 0 radical (unpaired) electrons. The molecular weight excluding hydrogens is 306 g/mol. The van der Waals surface area contributed by atoms with E-state index in [0.717, 1.165) is 17.5 Å². The van der Waals surface area contributed by atoms with Gasteiger partial charge in [-0.1, -0.05) is 11.6 Å². The number of carbonyl (C=O) groups is 1. The van der Waals surface area contributed by atoms with Crippen LogP contribution in [0.2, 0.25) is 5.02 Å². The zero-order valence-electron chi connectivity index (χ0n) is 11.5. The summed E-state index contributed by atoms with van der Waals surface area (Å²) in [5.74, 6) is -0.201. The third kappa shape index (κ3) is 2.23. The van der Waals surface area contributed by atoms with Crippen molar-refractivity contribution in [3.8, 4) is 0 Å². The van der Waals surface area contributed by atoms with Gasteiger partial charge in [-0.2, -0.15) is 0 Å². The van der Waals surface area contributed by atoms with Gasteiger partial charge in [0.05, 0.1) is 5.52 Å². The first-order valence-corrected chi connectivity index (χ1v) is 7.32. The fourth-order valence-corrected chi connectivity index (χ4v) is 2.53. The summed E-state index contributed by atoms with van der Waals surface area (Å²) in [6, 6.07) is 5.45. The van der Waals surface area contributed by atoms with Crippen LogP contribution in [0.3, 0.4) is 0 Å². The van der Waals surface area contributed by atoms with Crippen molar-refractivity contribution in [2.24, 2.45) is 0 Å². The zero-order chi connectivity index (χ0) is 15.3. The Kier molecular flexibility index (Phi) is 2.90. The second-order valence-electron chi connectivity index (χ2n) is 5.38. The van der Waals surface area contributed by atoms with Crippen molar-refractivity contribution in [1.82, 2.24) is 24.5 Å². The van der Waals surface area contributed by atoms with Crippen molar-refractivity contribution in [2.75, 3.05) is 0 Å². The predicted molar refractivity (Wildman–Crippen MR) is 80.9 cm³/mol. The molecule has 0 spiro atoms. The molecule has 22 heavy (non-hydrogen) atoms. The molecule has 4 rings (SSSR count). The summed E-state index contributed by atoms with van der Waals surface area (Å²) in [6.07, 6.45) is 3.40. The Balaban J connectivity index is 1.79. The largest absolute Gasteiger partial charge is 0.352 e. The molecule has 0 atom stereocenters. The van der Waals surface area contributed by atoms with E-state index >= 15 is 0 Å². The molecule has 1 aliphatic carbocycles. The van der Waals surface area contributed by atoms with Crippen LogP contribution in [0.25, 0.3) is 16.6 Å². The normalized spacial score (nSPS) is 14.6. The van der Waals surface area contributed by atoms with Gasteiger partial charge in [0.2, 0.25) is 5.91 Å². The number of rotatable bonds is 3. The second kappa shape index (κ2) is 4.81. The van der Waals surface area contributed by atoms with E-state index in [2.05, 4.69) is 15.4 Å². The minimum absolute atomic E-state index is 0.0912. The Labute approximate surface area is 129 Å². The van der Waals surface area contributed by atoms with Gasteiger partial charge in [0.1, 0.15) is 12.9 Å². The van der Waals surface area contributed by atoms with Gasteiger partial charge in [0, 0.05) is 16.5 Å². The van der Waals surface area contributed by atoms with Crippen molar-refractivity contribution in [1.29, 1.82) is 0 Å². The van der Waals surface area contributed by atoms with Crippen molar-refractivity contribution >= 4 is 34.1 Å². The third-order valence-electron chi connectivity index (χ3n) is 3.62. The van der Waals surface area contributed by atoms with E-state index in [9.17, 15) is 9.59 Å². The molecule has 0 bridgehead atoms. The highest BCUT2D eigenvalue weighted by molar-refractivity contribution is 6.31. The molecule has 3 aromatic rings. The molecule has 0 saturated heterocycles. The van der Waals surface area contributed by atoms with Crippen LogP contribution in [-0.4, -0.2) is 31.1 Å². The van der Waals surface area contributed by atoms with Crippen molar-refractivity contribution in [2.45, 2.75) is 25.4 Å². The van der Waals surface area contributed by atoms with E-state index in [-0.39, 0.29) is 24.2 Å². The Morgan fingerprint density at radius 1 is 1.41 bits per heavy atom. The maximum Gasteiger partial charge on any atom is 0.352 e. The van der Waals surface area contributed by atoms with Crippen molar-refractivity contribution in [3.05, 3.63) is 40.0 Å². The number of hydrogen-bond acceptors (Lipinski definition) is 4. The number of hydrogen-bond donors (Lipinski definition) is 1. The molecule has 0 aliphatic heterocycles. The molecule has 2 heterocycles. The number of nitrogens with zero attached hydrogens (tertiary/aromatic N) is 4. The number of aromatic nitrogens is 4. The summed E-state index contributed by atoms with van der Waals surface area (Å²) in [6.45, 7) is -0.0912. The Hall–Kier alpha value is -2.41.